The number of nitrogens with zero attached hydrogens (tertiary/aromatic N) is 2. The summed E-state index contributed by atoms with van der Waals surface area (Å²) in [5.41, 5.74) is 0.00644. The summed E-state index contributed by atoms with van der Waals surface area (Å²) in [5, 5.41) is 6.38. The molecule has 1 aromatic heterocycles. The van der Waals surface area contributed by atoms with Crippen molar-refractivity contribution < 1.29 is 17.7 Å². The molecule has 18 heavy (non-hydrogen) atoms. The van der Waals surface area contributed by atoms with Gasteiger partial charge in [-0.3, -0.25) is 0 Å². The molecule has 0 bridgehead atoms. The summed E-state index contributed by atoms with van der Waals surface area (Å²) in [6.45, 7) is 3.72. The molecule has 0 atom stereocenters. The van der Waals surface area contributed by atoms with Crippen LogP contribution >= 0.6 is 0 Å². The van der Waals surface area contributed by atoms with E-state index in [-0.39, 0.29) is 23.4 Å². The molecule has 0 fully saturated rings. The van der Waals surface area contributed by atoms with E-state index in [1.807, 2.05) is 13.8 Å². The number of benzene rings is 1. The third-order valence-electron chi connectivity index (χ3n) is 2.08. The third kappa shape index (κ3) is 2.44. The highest BCUT2D eigenvalue weighted by atomic mass is 19.2. The van der Waals surface area contributed by atoms with Crippen molar-refractivity contribution in [2.24, 2.45) is 0 Å². The fourth-order valence-corrected chi connectivity index (χ4v) is 1.33. The van der Waals surface area contributed by atoms with Crippen LogP contribution in [0.1, 0.15) is 13.8 Å². The minimum absolute atomic E-state index is 0.00644. The first-order valence-corrected chi connectivity index (χ1v) is 5.22. The first-order chi connectivity index (χ1) is 8.47. The largest absolute Gasteiger partial charge is 0.336 e. The second kappa shape index (κ2) is 4.67. The molecule has 2 aromatic rings. The minimum Gasteiger partial charge on any atom is -0.336 e. The van der Waals surface area contributed by atoms with E-state index in [1.165, 1.54) is 0 Å². The number of anilines is 1. The molecule has 0 aliphatic carbocycles. The lowest BCUT2D eigenvalue weighted by molar-refractivity contribution is 0.429. The molecule has 0 aliphatic rings. The van der Waals surface area contributed by atoms with Gasteiger partial charge in [0.25, 0.3) is 0 Å². The van der Waals surface area contributed by atoms with Gasteiger partial charge >= 0.3 is 6.01 Å². The molecule has 0 aliphatic heterocycles. The topological polar surface area (TPSA) is 51.0 Å². The van der Waals surface area contributed by atoms with E-state index in [0.29, 0.717) is 0 Å². The van der Waals surface area contributed by atoms with Gasteiger partial charge in [-0.2, -0.15) is 4.98 Å². The van der Waals surface area contributed by atoms with Gasteiger partial charge in [-0.25, -0.2) is 13.2 Å². The number of halogens is 3. The molecule has 2 rings (SSSR count). The van der Waals surface area contributed by atoms with Gasteiger partial charge in [0.15, 0.2) is 17.5 Å². The predicted octanol–water partition coefficient (Wildman–Crippen LogP) is 2.97. The number of hydrogen-bond donors (Lipinski definition) is 1. The molecule has 1 heterocycles. The van der Waals surface area contributed by atoms with Crippen LogP contribution in [0.4, 0.5) is 19.2 Å². The van der Waals surface area contributed by atoms with E-state index in [1.54, 1.807) is 0 Å². The standard InChI is InChI=1S/C11H10F3N3O/c1-5(2)15-11-16-10(17-18-11)6-3-7(12)9(14)8(13)4-6/h3-5H,1-2H3,(H,15,16,17). The molecule has 0 saturated heterocycles. The maximum Gasteiger partial charge on any atom is 0.321 e. The summed E-state index contributed by atoms with van der Waals surface area (Å²) in [4.78, 5) is 3.89. The number of hydrogen-bond acceptors (Lipinski definition) is 4. The molecule has 0 spiro atoms. The summed E-state index contributed by atoms with van der Waals surface area (Å²) < 4.78 is 43.7. The summed E-state index contributed by atoms with van der Waals surface area (Å²) in [5.74, 6) is -4.14. The Morgan fingerprint density at radius 3 is 2.33 bits per heavy atom. The van der Waals surface area contributed by atoms with Crippen LogP contribution in [0.2, 0.25) is 0 Å². The Labute approximate surface area is 101 Å². The highest BCUT2D eigenvalue weighted by molar-refractivity contribution is 5.55. The highest BCUT2D eigenvalue weighted by Gasteiger charge is 2.15. The Morgan fingerprint density at radius 2 is 1.78 bits per heavy atom. The molecule has 7 heteroatoms. The number of nitrogens with one attached hydrogen (secondary N) is 1. The summed E-state index contributed by atoms with van der Waals surface area (Å²) in [7, 11) is 0. The van der Waals surface area contributed by atoms with Gasteiger partial charge in [-0.15, -0.1) is 0 Å². The van der Waals surface area contributed by atoms with Gasteiger partial charge in [0.1, 0.15) is 0 Å². The fourth-order valence-electron chi connectivity index (χ4n) is 1.33. The van der Waals surface area contributed by atoms with Crippen molar-refractivity contribution in [3.63, 3.8) is 0 Å². The van der Waals surface area contributed by atoms with Gasteiger partial charge in [0.2, 0.25) is 5.82 Å². The lowest BCUT2D eigenvalue weighted by Gasteiger charge is -2.01. The zero-order chi connectivity index (χ0) is 13.3. The Bertz CT molecular complexity index is 545. The normalized spacial score (nSPS) is 11.0. The Morgan fingerprint density at radius 1 is 1.17 bits per heavy atom. The molecule has 96 valence electrons. The van der Waals surface area contributed by atoms with Gasteiger partial charge in [-0.05, 0) is 26.0 Å². The van der Waals surface area contributed by atoms with Crippen LogP contribution in [0, 0.1) is 17.5 Å². The molecule has 1 N–H and O–H groups in total. The zero-order valence-electron chi connectivity index (χ0n) is 9.67. The quantitative estimate of drug-likeness (QED) is 0.859. The van der Waals surface area contributed by atoms with Crippen LogP contribution in [0.15, 0.2) is 16.7 Å². The van der Waals surface area contributed by atoms with Gasteiger partial charge in [0, 0.05) is 11.6 Å². The van der Waals surface area contributed by atoms with E-state index in [2.05, 4.69) is 15.5 Å². The second-order valence-electron chi connectivity index (χ2n) is 3.98. The maximum atomic E-state index is 13.0. The van der Waals surface area contributed by atoms with Crippen molar-refractivity contribution in [1.82, 2.24) is 10.1 Å². The number of rotatable bonds is 3. The lowest BCUT2D eigenvalue weighted by atomic mass is 10.2. The molecule has 0 amide bonds. The molecule has 4 nitrogen and oxygen atoms in total. The van der Waals surface area contributed by atoms with Crippen LogP contribution < -0.4 is 5.32 Å². The van der Waals surface area contributed by atoms with Crippen molar-refractivity contribution in [1.29, 1.82) is 0 Å². The number of aromatic nitrogens is 2. The van der Waals surface area contributed by atoms with E-state index < -0.39 is 17.5 Å². The molecule has 0 saturated carbocycles. The van der Waals surface area contributed by atoms with Crippen LogP contribution in [0.5, 0.6) is 0 Å². The van der Waals surface area contributed by atoms with Gasteiger partial charge in [0.05, 0.1) is 0 Å². The highest BCUT2D eigenvalue weighted by Crippen LogP contribution is 2.22. The average Bonchev–Trinajstić information content (AvgIpc) is 2.72. The molecular formula is C11H10F3N3O. The lowest BCUT2D eigenvalue weighted by Crippen LogP contribution is -2.09. The van der Waals surface area contributed by atoms with Crippen molar-refractivity contribution in [2.45, 2.75) is 19.9 Å². The van der Waals surface area contributed by atoms with Crippen molar-refractivity contribution in [3.05, 3.63) is 29.6 Å². The second-order valence-corrected chi connectivity index (χ2v) is 3.98. The zero-order valence-corrected chi connectivity index (χ0v) is 9.67. The fraction of sp³-hybridized carbons (Fsp3) is 0.273. The smallest absolute Gasteiger partial charge is 0.321 e. The Balaban J connectivity index is 2.34. The van der Waals surface area contributed by atoms with Crippen LogP contribution in [0.25, 0.3) is 11.4 Å². The van der Waals surface area contributed by atoms with Gasteiger partial charge < -0.3 is 9.84 Å². The van der Waals surface area contributed by atoms with E-state index in [4.69, 9.17) is 4.52 Å². The Hall–Kier alpha value is -2.05. The van der Waals surface area contributed by atoms with Crippen molar-refractivity contribution in [2.75, 3.05) is 5.32 Å². The summed E-state index contributed by atoms with van der Waals surface area (Å²) in [6.07, 6.45) is 0. The van der Waals surface area contributed by atoms with Crippen molar-refractivity contribution >= 4 is 6.01 Å². The van der Waals surface area contributed by atoms with Crippen LogP contribution in [0.3, 0.4) is 0 Å². The molecule has 0 radical (unpaired) electrons. The monoisotopic (exact) mass is 257 g/mol. The maximum absolute atomic E-state index is 13.0. The molecular weight excluding hydrogens is 247 g/mol. The first kappa shape index (κ1) is 12.4. The Kier molecular flexibility index (Phi) is 3.22. The van der Waals surface area contributed by atoms with Crippen LogP contribution in [-0.2, 0) is 0 Å². The molecule has 1 aromatic carbocycles. The van der Waals surface area contributed by atoms with Crippen molar-refractivity contribution in [3.8, 4) is 11.4 Å². The van der Waals surface area contributed by atoms with E-state index in [9.17, 15) is 13.2 Å². The summed E-state index contributed by atoms with van der Waals surface area (Å²) >= 11 is 0. The van der Waals surface area contributed by atoms with Crippen LogP contribution in [-0.4, -0.2) is 16.2 Å². The van der Waals surface area contributed by atoms with E-state index >= 15 is 0 Å². The third-order valence-corrected chi connectivity index (χ3v) is 2.08. The van der Waals surface area contributed by atoms with E-state index in [0.717, 1.165) is 12.1 Å². The summed E-state index contributed by atoms with van der Waals surface area (Å²) in [6, 6.07) is 1.82. The molecule has 0 unspecified atom stereocenters. The van der Waals surface area contributed by atoms with Gasteiger partial charge in [-0.1, -0.05) is 5.16 Å². The SMILES string of the molecule is CC(C)Nc1nc(-c2cc(F)c(F)c(F)c2)no1. The average molecular weight is 257 g/mol. The minimum atomic E-state index is -1.53. The first-order valence-electron chi connectivity index (χ1n) is 5.22. The predicted molar refractivity (Wildman–Crippen MR) is 58.4 cm³/mol.